The molecular formula is C29H28N2O3. The molecule has 0 amide bonds. The topological polar surface area (TPSA) is 63.4 Å². The Morgan fingerprint density at radius 3 is 2.35 bits per heavy atom. The number of carbonyl (C=O) groups excluding carboxylic acids is 2. The van der Waals surface area contributed by atoms with E-state index < -0.39 is 17.3 Å². The van der Waals surface area contributed by atoms with E-state index in [2.05, 4.69) is 33.7 Å². The molecule has 0 bridgehead atoms. The molecule has 0 atom stereocenters. The first-order valence-corrected chi connectivity index (χ1v) is 12.0. The van der Waals surface area contributed by atoms with E-state index in [4.69, 9.17) is 0 Å². The fourth-order valence-corrected chi connectivity index (χ4v) is 5.31. The Hall–Kier alpha value is -3.73. The number of carbonyl (C=O) groups is 2. The minimum absolute atomic E-state index is 0.0102. The number of aryl methyl sites for hydroxylation is 2. The lowest BCUT2D eigenvalue weighted by atomic mass is 9.97. The van der Waals surface area contributed by atoms with E-state index >= 15 is 0 Å². The zero-order chi connectivity index (χ0) is 23.8. The van der Waals surface area contributed by atoms with Gasteiger partial charge in [0.05, 0.1) is 0 Å². The molecule has 0 unspecified atom stereocenters. The van der Waals surface area contributed by atoms with Crippen LogP contribution in [0.5, 0.6) is 0 Å². The average Bonchev–Trinajstić information content (AvgIpc) is 3.06. The molecule has 3 aliphatic rings. The van der Waals surface area contributed by atoms with Crippen LogP contribution in [0.3, 0.4) is 0 Å². The molecule has 0 aromatic heterocycles. The van der Waals surface area contributed by atoms with E-state index in [0.29, 0.717) is 0 Å². The van der Waals surface area contributed by atoms with Crippen LogP contribution in [-0.4, -0.2) is 34.9 Å². The fraction of sp³-hybridized carbons (Fsp3) is 0.276. The number of para-hydroxylation sites is 2. The van der Waals surface area contributed by atoms with Crippen LogP contribution in [0.25, 0.3) is 0 Å². The standard InChI is InChI=1S/C29H28N2O3/c1-3-30-21(15-13-19-9-5-7-11-25(19)30)17-23-27(32)24(29(34)28(23)33)18-22-16-14-20-10-6-8-12-26(20)31(22)4-2/h5-12,17-18H,3-4,13-16H2,1-2H3. The summed E-state index contributed by atoms with van der Waals surface area (Å²) in [5, 5.41) is 13.3. The van der Waals surface area contributed by atoms with Gasteiger partial charge < -0.3 is 10.0 Å². The smallest absolute Gasteiger partial charge is 0.233 e. The van der Waals surface area contributed by atoms with Gasteiger partial charge >= 0.3 is 0 Å². The number of fused-ring (bicyclic) bond motifs is 2. The Morgan fingerprint density at radius 1 is 0.882 bits per heavy atom. The monoisotopic (exact) mass is 452 g/mol. The summed E-state index contributed by atoms with van der Waals surface area (Å²) in [4.78, 5) is 27.9. The number of Topliss-reactive ketones (excluding diaryl/α,β-unsaturated/α-hetero) is 2. The second kappa shape index (κ2) is 8.90. The van der Waals surface area contributed by atoms with Crippen LogP contribution in [0.4, 0.5) is 11.4 Å². The highest BCUT2D eigenvalue weighted by atomic mass is 16.3. The van der Waals surface area contributed by atoms with Crippen molar-refractivity contribution >= 4 is 28.7 Å². The van der Waals surface area contributed by atoms with Crippen LogP contribution in [0.15, 0.2) is 83.3 Å². The van der Waals surface area contributed by atoms with Crippen LogP contribution in [0, 0.1) is 0 Å². The molecule has 2 heterocycles. The Morgan fingerprint density at radius 2 is 1.59 bits per heavy atom. The molecule has 2 aromatic rings. The second-order valence-corrected chi connectivity index (χ2v) is 8.83. The van der Waals surface area contributed by atoms with E-state index in [9.17, 15) is 14.7 Å². The third-order valence-electron chi connectivity index (χ3n) is 7.00. The van der Waals surface area contributed by atoms with E-state index in [0.717, 1.165) is 61.6 Å². The quantitative estimate of drug-likeness (QED) is 0.402. The first kappa shape index (κ1) is 22.1. The minimum Gasteiger partial charge on any atom is -0.871 e. The van der Waals surface area contributed by atoms with Gasteiger partial charge in [-0.25, -0.2) is 0 Å². The molecule has 172 valence electrons. The second-order valence-electron chi connectivity index (χ2n) is 8.83. The van der Waals surface area contributed by atoms with Gasteiger partial charge in [0, 0.05) is 53.2 Å². The molecule has 5 heteroatoms. The highest BCUT2D eigenvalue weighted by molar-refractivity contribution is 6.54. The number of anilines is 1. The van der Waals surface area contributed by atoms with E-state index in [1.165, 1.54) is 11.1 Å². The minimum atomic E-state index is -0.696. The maximum atomic E-state index is 13.3. The van der Waals surface area contributed by atoms with Gasteiger partial charge in [0.2, 0.25) is 17.3 Å². The van der Waals surface area contributed by atoms with Gasteiger partial charge in [0.15, 0.2) is 5.71 Å². The van der Waals surface area contributed by atoms with Gasteiger partial charge in [-0.05, 0) is 50.8 Å². The molecule has 2 aromatic carbocycles. The zero-order valence-corrected chi connectivity index (χ0v) is 19.6. The van der Waals surface area contributed by atoms with Crippen LogP contribution in [-0.2, 0) is 22.4 Å². The average molecular weight is 453 g/mol. The van der Waals surface area contributed by atoms with Gasteiger partial charge in [-0.2, -0.15) is 4.58 Å². The molecule has 0 spiro atoms. The molecule has 0 N–H and O–H groups in total. The molecule has 0 saturated carbocycles. The number of ketones is 2. The lowest BCUT2D eigenvalue weighted by Gasteiger charge is -2.33. The molecule has 5 nitrogen and oxygen atoms in total. The Balaban J connectivity index is 1.56. The lowest BCUT2D eigenvalue weighted by molar-refractivity contribution is -0.439. The summed E-state index contributed by atoms with van der Waals surface area (Å²) in [6.07, 6.45) is 6.43. The molecular weight excluding hydrogens is 424 g/mol. The highest BCUT2D eigenvalue weighted by Gasteiger charge is 2.33. The SMILES string of the molecule is CCN1/C(=C/C2=C([O-])C(=C\C3=[N+](CC)c4ccccc4CC3)/C(=O)C2=O)CCc2ccccc21. The number of allylic oxidation sites excluding steroid dienone is 5. The van der Waals surface area contributed by atoms with Crippen LogP contribution in [0.2, 0.25) is 0 Å². The van der Waals surface area contributed by atoms with E-state index in [-0.39, 0.29) is 11.1 Å². The first-order chi connectivity index (χ1) is 16.5. The van der Waals surface area contributed by atoms with Crippen molar-refractivity contribution < 1.29 is 19.3 Å². The summed E-state index contributed by atoms with van der Waals surface area (Å²) < 4.78 is 2.13. The number of nitrogens with zero attached hydrogens (tertiary/aromatic N) is 2. The van der Waals surface area contributed by atoms with Crippen molar-refractivity contribution in [3.05, 3.63) is 94.4 Å². The largest absolute Gasteiger partial charge is 0.871 e. The molecule has 0 saturated heterocycles. The zero-order valence-electron chi connectivity index (χ0n) is 19.6. The number of benzene rings is 2. The van der Waals surface area contributed by atoms with Crippen molar-refractivity contribution in [2.75, 3.05) is 18.0 Å². The predicted octanol–water partition coefficient (Wildman–Crippen LogP) is 3.79. The van der Waals surface area contributed by atoms with Gasteiger partial charge in [-0.15, -0.1) is 0 Å². The molecule has 34 heavy (non-hydrogen) atoms. The molecule has 0 fully saturated rings. The van der Waals surface area contributed by atoms with Crippen LogP contribution < -0.4 is 10.0 Å². The van der Waals surface area contributed by atoms with Crippen molar-refractivity contribution in [3.8, 4) is 0 Å². The highest BCUT2D eigenvalue weighted by Crippen LogP contribution is 2.35. The van der Waals surface area contributed by atoms with E-state index in [1.807, 2.05) is 38.1 Å². The van der Waals surface area contributed by atoms with Crippen LogP contribution in [0.1, 0.15) is 37.8 Å². The summed E-state index contributed by atoms with van der Waals surface area (Å²) in [5.74, 6) is -1.85. The number of hydrogen-bond acceptors (Lipinski definition) is 4. The van der Waals surface area contributed by atoms with Crippen molar-refractivity contribution in [1.82, 2.24) is 0 Å². The Bertz CT molecular complexity index is 1330. The predicted molar refractivity (Wildman–Crippen MR) is 131 cm³/mol. The normalized spacial score (nSPS) is 20.5. The van der Waals surface area contributed by atoms with Crippen molar-refractivity contribution in [2.24, 2.45) is 0 Å². The van der Waals surface area contributed by atoms with Gasteiger partial charge in [-0.1, -0.05) is 42.2 Å². The Kier molecular flexibility index (Phi) is 5.78. The summed E-state index contributed by atoms with van der Waals surface area (Å²) in [6.45, 7) is 5.54. The molecule has 1 aliphatic carbocycles. The van der Waals surface area contributed by atoms with Crippen molar-refractivity contribution in [1.29, 1.82) is 0 Å². The van der Waals surface area contributed by atoms with E-state index in [1.54, 1.807) is 12.2 Å². The third-order valence-corrected chi connectivity index (χ3v) is 7.00. The third kappa shape index (κ3) is 3.61. The molecule has 5 rings (SSSR count). The van der Waals surface area contributed by atoms with Gasteiger partial charge in [0.1, 0.15) is 6.54 Å². The van der Waals surface area contributed by atoms with Gasteiger partial charge in [0.25, 0.3) is 0 Å². The fourth-order valence-electron chi connectivity index (χ4n) is 5.31. The maximum Gasteiger partial charge on any atom is 0.233 e. The molecule has 2 aliphatic heterocycles. The van der Waals surface area contributed by atoms with Crippen molar-refractivity contribution in [2.45, 2.75) is 39.5 Å². The first-order valence-electron chi connectivity index (χ1n) is 12.0. The summed E-state index contributed by atoms with van der Waals surface area (Å²) >= 11 is 0. The maximum absolute atomic E-state index is 13.3. The molecule has 0 radical (unpaired) electrons. The summed E-state index contributed by atoms with van der Waals surface area (Å²) in [6, 6.07) is 16.4. The lowest BCUT2D eigenvalue weighted by Crippen LogP contribution is -2.27. The number of hydrogen-bond donors (Lipinski definition) is 0. The van der Waals surface area contributed by atoms with Crippen LogP contribution >= 0.6 is 0 Å². The van der Waals surface area contributed by atoms with Gasteiger partial charge in [-0.3, -0.25) is 9.59 Å². The summed E-state index contributed by atoms with van der Waals surface area (Å²) in [5.41, 5.74) is 6.48. The van der Waals surface area contributed by atoms with Crippen molar-refractivity contribution in [3.63, 3.8) is 0 Å². The Labute approximate surface area is 200 Å². The summed E-state index contributed by atoms with van der Waals surface area (Å²) in [7, 11) is 0. The number of rotatable bonds is 4.